The Labute approximate surface area is 147 Å². The van der Waals surface area contributed by atoms with Gasteiger partial charge in [0.15, 0.2) is 0 Å². The van der Waals surface area contributed by atoms with Crippen LogP contribution in [0.15, 0.2) is 24.3 Å². The third kappa shape index (κ3) is 6.97. The number of nitrogens with zero attached hydrogens (tertiary/aromatic N) is 2. The molecule has 0 bridgehead atoms. The predicted molar refractivity (Wildman–Crippen MR) is 91.3 cm³/mol. The van der Waals surface area contributed by atoms with Crippen LogP contribution in [-0.2, 0) is 4.74 Å². The van der Waals surface area contributed by atoms with Crippen molar-refractivity contribution in [2.24, 2.45) is 0 Å². The zero-order valence-corrected chi connectivity index (χ0v) is 14.1. The summed E-state index contributed by atoms with van der Waals surface area (Å²) in [6.45, 7) is 3.90. The lowest BCUT2D eigenvalue weighted by Gasteiger charge is -2.27. The van der Waals surface area contributed by atoms with Crippen molar-refractivity contribution >= 4 is 6.03 Å². The Morgan fingerprint density at radius 1 is 1.40 bits per heavy atom. The molecule has 1 fully saturated rings. The molecule has 2 rings (SSSR count). The van der Waals surface area contributed by atoms with E-state index in [1.54, 1.807) is 29.2 Å². The molecule has 25 heavy (non-hydrogen) atoms. The second kappa shape index (κ2) is 10.5. The van der Waals surface area contributed by atoms with Crippen molar-refractivity contribution in [3.8, 4) is 11.8 Å². The highest BCUT2D eigenvalue weighted by molar-refractivity contribution is 5.74. The van der Waals surface area contributed by atoms with Crippen LogP contribution in [0, 0.1) is 11.3 Å². The number of rotatable bonds is 8. The molecule has 8 heteroatoms. The van der Waals surface area contributed by atoms with Gasteiger partial charge in [0.25, 0.3) is 0 Å². The minimum Gasteiger partial charge on any atom is -0.491 e. The Morgan fingerprint density at radius 3 is 2.96 bits per heavy atom. The molecule has 1 saturated heterocycles. The molecule has 1 aliphatic heterocycles. The number of ether oxygens (including phenoxy) is 2. The van der Waals surface area contributed by atoms with Crippen LogP contribution in [0.2, 0.25) is 0 Å². The summed E-state index contributed by atoms with van der Waals surface area (Å²) in [7, 11) is 0. The molecule has 1 aliphatic rings. The Bertz CT molecular complexity index is 584. The lowest BCUT2D eigenvalue weighted by atomic mass is 10.2. The molecule has 1 heterocycles. The van der Waals surface area contributed by atoms with Gasteiger partial charge in [0, 0.05) is 32.7 Å². The summed E-state index contributed by atoms with van der Waals surface area (Å²) in [4.78, 5) is 13.6. The first-order valence-corrected chi connectivity index (χ1v) is 8.31. The van der Waals surface area contributed by atoms with Gasteiger partial charge in [-0.2, -0.15) is 5.26 Å². The van der Waals surface area contributed by atoms with Crippen molar-refractivity contribution in [1.29, 1.82) is 5.26 Å². The second-order valence-corrected chi connectivity index (χ2v) is 5.64. The molecule has 136 valence electrons. The van der Waals surface area contributed by atoms with Gasteiger partial charge in [-0.15, -0.1) is 0 Å². The molecule has 0 radical (unpaired) electrons. The number of hydrogen-bond acceptors (Lipinski definition) is 6. The number of urea groups is 1. The van der Waals surface area contributed by atoms with Crippen LogP contribution in [0.25, 0.3) is 0 Å². The van der Waals surface area contributed by atoms with Crippen LogP contribution >= 0.6 is 0 Å². The van der Waals surface area contributed by atoms with E-state index in [4.69, 9.17) is 14.7 Å². The molecule has 0 spiro atoms. The van der Waals surface area contributed by atoms with Gasteiger partial charge in [0.1, 0.15) is 18.5 Å². The average Bonchev–Trinajstić information content (AvgIpc) is 2.66. The monoisotopic (exact) mass is 348 g/mol. The number of morpholine rings is 1. The minimum atomic E-state index is -0.680. The molecule has 0 saturated carbocycles. The molecule has 3 N–H and O–H groups in total. The van der Waals surface area contributed by atoms with Gasteiger partial charge >= 0.3 is 6.03 Å². The van der Waals surface area contributed by atoms with E-state index in [9.17, 15) is 9.90 Å². The average molecular weight is 348 g/mol. The zero-order chi connectivity index (χ0) is 17.9. The number of carbonyl (C=O) groups is 1. The fraction of sp³-hybridized carbons (Fsp3) is 0.529. The van der Waals surface area contributed by atoms with E-state index in [2.05, 4.69) is 10.6 Å². The van der Waals surface area contributed by atoms with Gasteiger partial charge in [0.05, 0.1) is 24.8 Å². The highest BCUT2D eigenvalue weighted by atomic mass is 16.5. The highest BCUT2D eigenvalue weighted by Gasteiger charge is 2.15. The standard InChI is InChI=1S/C17H24N4O4/c18-11-14-2-1-3-16(10-14)25-13-15(22)12-19-4-5-20-17(23)21-6-8-24-9-7-21/h1-3,10,15,19,22H,4-9,12-13H2,(H,20,23). The van der Waals surface area contributed by atoms with Gasteiger partial charge in [-0.3, -0.25) is 0 Å². The number of carbonyl (C=O) groups excluding carboxylic acids is 1. The summed E-state index contributed by atoms with van der Waals surface area (Å²) in [5.74, 6) is 0.552. The van der Waals surface area contributed by atoms with E-state index >= 15 is 0 Å². The largest absolute Gasteiger partial charge is 0.491 e. The Hall–Kier alpha value is -2.34. The maximum atomic E-state index is 11.8. The molecule has 1 aromatic rings. The number of aliphatic hydroxyl groups is 1. The maximum absolute atomic E-state index is 11.8. The van der Waals surface area contributed by atoms with Crippen LogP contribution in [0.4, 0.5) is 4.79 Å². The first-order chi connectivity index (χ1) is 12.2. The molecular weight excluding hydrogens is 324 g/mol. The van der Waals surface area contributed by atoms with Gasteiger partial charge in [-0.05, 0) is 18.2 Å². The van der Waals surface area contributed by atoms with Gasteiger partial charge < -0.3 is 30.1 Å². The topological polar surface area (TPSA) is 107 Å². The Kier molecular flexibility index (Phi) is 7.98. The predicted octanol–water partition coefficient (Wildman–Crippen LogP) is -0.0706. The smallest absolute Gasteiger partial charge is 0.317 e. The van der Waals surface area contributed by atoms with Gasteiger partial charge in [0.2, 0.25) is 0 Å². The second-order valence-electron chi connectivity index (χ2n) is 5.64. The van der Waals surface area contributed by atoms with E-state index in [1.165, 1.54) is 0 Å². The van der Waals surface area contributed by atoms with Crippen LogP contribution in [0.5, 0.6) is 5.75 Å². The number of benzene rings is 1. The Balaban J connectivity index is 1.54. The lowest BCUT2D eigenvalue weighted by Crippen LogP contribution is -2.47. The summed E-state index contributed by atoms with van der Waals surface area (Å²) in [6.07, 6.45) is -0.680. The van der Waals surface area contributed by atoms with Crippen molar-refractivity contribution in [2.45, 2.75) is 6.10 Å². The summed E-state index contributed by atoms with van der Waals surface area (Å²) in [5.41, 5.74) is 0.515. The molecule has 1 aromatic carbocycles. The van der Waals surface area contributed by atoms with E-state index in [1.807, 2.05) is 6.07 Å². The molecule has 1 atom stereocenters. The molecule has 1 unspecified atom stereocenters. The summed E-state index contributed by atoms with van der Waals surface area (Å²) < 4.78 is 10.7. The summed E-state index contributed by atoms with van der Waals surface area (Å²) in [5, 5.41) is 24.6. The normalized spacial score (nSPS) is 15.3. The van der Waals surface area contributed by atoms with Gasteiger partial charge in [-0.25, -0.2) is 4.79 Å². The number of aliphatic hydroxyl groups excluding tert-OH is 1. The first-order valence-electron chi connectivity index (χ1n) is 8.31. The quantitative estimate of drug-likeness (QED) is 0.568. The van der Waals surface area contributed by atoms with Crippen molar-refractivity contribution in [2.75, 3.05) is 52.5 Å². The first kappa shape index (κ1) is 19.0. The third-order valence-electron chi connectivity index (χ3n) is 3.66. The van der Waals surface area contributed by atoms with Crippen molar-refractivity contribution in [1.82, 2.24) is 15.5 Å². The van der Waals surface area contributed by atoms with Crippen LogP contribution in [0.3, 0.4) is 0 Å². The van der Waals surface area contributed by atoms with E-state index in [-0.39, 0.29) is 12.6 Å². The molecule has 0 aromatic heterocycles. The van der Waals surface area contributed by atoms with E-state index in [0.717, 1.165) is 0 Å². The SMILES string of the molecule is N#Cc1cccc(OCC(O)CNCCNC(=O)N2CCOCC2)c1. The minimum absolute atomic E-state index is 0.0913. The number of amides is 2. The fourth-order valence-corrected chi connectivity index (χ4v) is 2.31. The zero-order valence-electron chi connectivity index (χ0n) is 14.1. The van der Waals surface area contributed by atoms with Crippen molar-refractivity contribution in [3.05, 3.63) is 29.8 Å². The third-order valence-corrected chi connectivity index (χ3v) is 3.66. The number of hydrogen-bond donors (Lipinski definition) is 3. The molecular formula is C17H24N4O4. The highest BCUT2D eigenvalue weighted by Crippen LogP contribution is 2.12. The van der Waals surface area contributed by atoms with Crippen LogP contribution in [0.1, 0.15) is 5.56 Å². The van der Waals surface area contributed by atoms with Crippen LogP contribution in [-0.4, -0.2) is 74.7 Å². The molecule has 0 aliphatic carbocycles. The molecule has 8 nitrogen and oxygen atoms in total. The van der Waals surface area contributed by atoms with Crippen molar-refractivity contribution in [3.63, 3.8) is 0 Å². The lowest BCUT2D eigenvalue weighted by molar-refractivity contribution is 0.0532. The maximum Gasteiger partial charge on any atom is 0.317 e. The van der Waals surface area contributed by atoms with E-state index in [0.29, 0.717) is 57.3 Å². The summed E-state index contributed by atoms with van der Waals surface area (Å²) in [6, 6.07) is 8.73. The van der Waals surface area contributed by atoms with Crippen molar-refractivity contribution < 1.29 is 19.4 Å². The number of nitriles is 1. The van der Waals surface area contributed by atoms with Gasteiger partial charge in [-0.1, -0.05) is 6.07 Å². The summed E-state index contributed by atoms with van der Waals surface area (Å²) >= 11 is 0. The Morgan fingerprint density at radius 2 is 2.20 bits per heavy atom. The van der Waals surface area contributed by atoms with E-state index < -0.39 is 6.10 Å². The fourth-order valence-electron chi connectivity index (χ4n) is 2.31. The number of nitrogens with one attached hydrogen (secondary N) is 2. The van der Waals surface area contributed by atoms with Crippen LogP contribution < -0.4 is 15.4 Å². The molecule has 2 amide bonds.